The zero-order chi connectivity index (χ0) is 13.7. The number of unbranched alkanes of at least 4 members (excludes halogenated alkanes) is 1. The van der Waals surface area contributed by atoms with Gasteiger partial charge in [0.2, 0.25) is 5.82 Å². The molecule has 0 saturated heterocycles. The average molecular weight is 265 g/mol. The van der Waals surface area contributed by atoms with Gasteiger partial charge in [-0.15, -0.1) is 0 Å². The average Bonchev–Trinajstić information content (AvgIpc) is 2.86. The lowest BCUT2D eigenvalue weighted by molar-refractivity contribution is -0.0129. The van der Waals surface area contributed by atoms with Crippen molar-refractivity contribution in [2.24, 2.45) is 0 Å². The highest BCUT2D eigenvalue weighted by atomic mass is 19.3. The van der Waals surface area contributed by atoms with Gasteiger partial charge in [-0.25, -0.2) is 4.98 Å². The fourth-order valence-corrected chi connectivity index (χ4v) is 1.85. The van der Waals surface area contributed by atoms with E-state index in [2.05, 4.69) is 15.2 Å². The second kappa shape index (κ2) is 5.91. The molecular weight excluding hydrogens is 248 g/mol. The van der Waals surface area contributed by atoms with Crippen molar-refractivity contribution in [2.75, 3.05) is 0 Å². The third kappa shape index (κ3) is 3.59. The topological polar surface area (TPSA) is 41.6 Å². The van der Waals surface area contributed by atoms with Crippen LogP contribution in [0.2, 0.25) is 0 Å². The molecule has 19 heavy (non-hydrogen) atoms. The first-order valence-electron chi connectivity index (χ1n) is 6.45. The van der Waals surface area contributed by atoms with Crippen LogP contribution in [0, 0.1) is 0 Å². The van der Waals surface area contributed by atoms with Crippen molar-refractivity contribution >= 4 is 0 Å². The zero-order valence-electron chi connectivity index (χ0n) is 10.9. The summed E-state index contributed by atoms with van der Waals surface area (Å²) >= 11 is 0. The number of nitrogens with zero attached hydrogens (tertiary/aromatic N) is 2. The molecule has 0 aliphatic carbocycles. The summed E-state index contributed by atoms with van der Waals surface area (Å²) in [6.07, 6.45) is 2.19. The maximum Gasteiger partial charge on any atom is 0.312 e. The van der Waals surface area contributed by atoms with E-state index < -0.39 is 11.7 Å². The van der Waals surface area contributed by atoms with E-state index in [-0.39, 0.29) is 6.42 Å². The Morgan fingerprint density at radius 1 is 1.21 bits per heavy atom. The number of benzene rings is 1. The normalized spacial score (nSPS) is 11.7. The Hall–Kier alpha value is -1.78. The Bertz CT molecular complexity index is 508. The van der Waals surface area contributed by atoms with Crippen LogP contribution in [-0.2, 0) is 18.8 Å². The van der Waals surface area contributed by atoms with Crippen molar-refractivity contribution in [1.29, 1.82) is 0 Å². The molecule has 0 saturated carbocycles. The molecule has 5 heteroatoms. The Kier molecular flexibility index (Phi) is 4.24. The summed E-state index contributed by atoms with van der Waals surface area (Å²) in [6, 6.07) is 8.65. The number of nitrogens with one attached hydrogen (secondary N) is 1. The van der Waals surface area contributed by atoms with Crippen LogP contribution in [0.25, 0.3) is 0 Å². The molecule has 0 aliphatic heterocycles. The zero-order valence-corrected chi connectivity index (χ0v) is 10.9. The second-order valence-electron chi connectivity index (χ2n) is 4.58. The van der Waals surface area contributed by atoms with E-state index in [4.69, 9.17) is 0 Å². The molecule has 0 radical (unpaired) electrons. The van der Waals surface area contributed by atoms with E-state index in [0.717, 1.165) is 12.8 Å². The minimum absolute atomic E-state index is 0.376. The van der Waals surface area contributed by atoms with Gasteiger partial charge in [-0.2, -0.15) is 13.9 Å². The Labute approximate surface area is 111 Å². The van der Waals surface area contributed by atoms with Crippen LogP contribution in [0.15, 0.2) is 30.3 Å². The molecule has 1 aromatic heterocycles. The molecule has 0 aliphatic rings. The van der Waals surface area contributed by atoms with Crippen LogP contribution in [-0.4, -0.2) is 15.2 Å². The van der Waals surface area contributed by atoms with Gasteiger partial charge < -0.3 is 0 Å². The lowest BCUT2D eigenvalue weighted by Gasteiger charge is -2.12. The van der Waals surface area contributed by atoms with Crippen LogP contribution in [0.3, 0.4) is 0 Å². The van der Waals surface area contributed by atoms with Crippen LogP contribution < -0.4 is 0 Å². The van der Waals surface area contributed by atoms with Crippen molar-refractivity contribution in [1.82, 2.24) is 15.2 Å². The Morgan fingerprint density at radius 3 is 2.63 bits per heavy atom. The minimum Gasteiger partial charge on any atom is -0.263 e. The van der Waals surface area contributed by atoms with Crippen molar-refractivity contribution < 1.29 is 8.78 Å². The predicted octanol–water partition coefficient (Wildman–Crippen LogP) is 3.48. The molecule has 102 valence electrons. The van der Waals surface area contributed by atoms with E-state index in [1.165, 1.54) is 0 Å². The molecule has 1 aromatic carbocycles. The quantitative estimate of drug-likeness (QED) is 0.868. The summed E-state index contributed by atoms with van der Waals surface area (Å²) < 4.78 is 28.1. The molecule has 1 heterocycles. The molecule has 0 atom stereocenters. The van der Waals surface area contributed by atoms with Gasteiger partial charge in [-0.05, 0) is 12.0 Å². The van der Waals surface area contributed by atoms with E-state index in [9.17, 15) is 8.78 Å². The largest absolute Gasteiger partial charge is 0.312 e. The molecule has 0 bridgehead atoms. The lowest BCUT2D eigenvalue weighted by Crippen LogP contribution is -2.19. The molecule has 2 aromatic rings. The first kappa shape index (κ1) is 13.6. The standard InChI is InChI=1S/C14H17F2N3/c1-2-3-9-12-17-13(19-18-12)14(15,16)10-11-7-5-4-6-8-11/h4-8H,2-3,9-10H2,1H3,(H,17,18,19). The third-order valence-electron chi connectivity index (χ3n) is 2.89. The third-order valence-corrected chi connectivity index (χ3v) is 2.89. The highest BCUT2D eigenvalue weighted by Gasteiger charge is 2.36. The Morgan fingerprint density at radius 2 is 1.95 bits per heavy atom. The van der Waals surface area contributed by atoms with Gasteiger partial charge in [0.15, 0.2) is 0 Å². The van der Waals surface area contributed by atoms with Gasteiger partial charge in [0, 0.05) is 12.8 Å². The highest BCUT2D eigenvalue weighted by molar-refractivity contribution is 5.18. The molecule has 3 nitrogen and oxygen atoms in total. The molecule has 1 N–H and O–H groups in total. The van der Waals surface area contributed by atoms with E-state index in [1.54, 1.807) is 30.3 Å². The van der Waals surface area contributed by atoms with E-state index in [0.29, 0.717) is 17.8 Å². The van der Waals surface area contributed by atoms with Crippen LogP contribution in [0.5, 0.6) is 0 Å². The first-order chi connectivity index (χ1) is 9.12. The summed E-state index contributed by atoms with van der Waals surface area (Å²) in [4.78, 5) is 3.90. The second-order valence-corrected chi connectivity index (χ2v) is 4.58. The minimum atomic E-state index is -3.04. The molecule has 0 spiro atoms. The summed E-state index contributed by atoms with van der Waals surface area (Å²) in [5, 5.41) is 6.24. The van der Waals surface area contributed by atoms with Gasteiger partial charge in [0.25, 0.3) is 0 Å². The molecule has 0 amide bonds. The van der Waals surface area contributed by atoms with Crippen molar-refractivity contribution in [3.05, 3.63) is 47.5 Å². The molecule has 0 fully saturated rings. The van der Waals surface area contributed by atoms with Crippen molar-refractivity contribution in [3.8, 4) is 0 Å². The SMILES string of the molecule is CCCCc1nc(C(F)(F)Cc2ccccc2)n[nH]1. The number of hydrogen-bond donors (Lipinski definition) is 1. The maximum atomic E-state index is 14.0. The summed E-state index contributed by atoms with van der Waals surface area (Å²) in [5.41, 5.74) is 0.576. The van der Waals surface area contributed by atoms with Crippen LogP contribution >= 0.6 is 0 Å². The van der Waals surface area contributed by atoms with Crippen LogP contribution in [0.4, 0.5) is 8.78 Å². The number of aryl methyl sites for hydroxylation is 1. The van der Waals surface area contributed by atoms with Crippen molar-refractivity contribution in [2.45, 2.75) is 38.5 Å². The fourth-order valence-electron chi connectivity index (χ4n) is 1.85. The van der Waals surface area contributed by atoms with E-state index in [1.807, 2.05) is 6.92 Å². The van der Waals surface area contributed by atoms with Gasteiger partial charge in [-0.3, -0.25) is 5.10 Å². The number of aromatic nitrogens is 3. The van der Waals surface area contributed by atoms with E-state index >= 15 is 0 Å². The number of rotatable bonds is 6. The number of H-pyrrole nitrogens is 1. The van der Waals surface area contributed by atoms with Crippen molar-refractivity contribution in [3.63, 3.8) is 0 Å². The summed E-state index contributed by atoms with van der Waals surface area (Å²) in [7, 11) is 0. The number of hydrogen-bond acceptors (Lipinski definition) is 2. The lowest BCUT2D eigenvalue weighted by atomic mass is 10.1. The number of alkyl halides is 2. The van der Waals surface area contributed by atoms with Gasteiger partial charge >= 0.3 is 5.92 Å². The number of aromatic amines is 1. The van der Waals surface area contributed by atoms with Gasteiger partial charge in [-0.1, -0.05) is 43.7 Å². The predicted molar refractivity (Wildman–Crippen MR) is 69.0 cm³/mol. The van der Waals surface area contributed by atoms with Gasteiger partial charge in [0.05, 0.1) is 0 Å². The molecule has 0 unspecified atom stereocenters. The fraction of sp³-hybridized carbons (Fsp3) is 0.429. The first-order valence-corrected chi connectivity index (χ1v) is 6.45. The molecule has 2 rings (SSSR count). The maximum absolute atomic E-state index is 14.0. The molecular formula is C14H17F2N3. The monoisotopic (exact) mass is 265 g/mol. The summed E-state index contributed by atoms with van der Waals surface area (Å²) in [5.74, 6) is -2.92. The smallest absolute Gasteiger partial charge is 0.263 e. The Balaban J connectivity index is 2.08. The summed E-state index contributed by atoms with van der Waals surface area (Å²) in [6.45, 7) is 2.04. The van der Waals surface area contributed by atoms with Crippen LogP contribution in [0.1, 0.15) is 37.0 Å². The number of halogens is 2. The highest BCUT2D eigenvalue weighted by Crippen LogP contribution is 2.29. The van der Waals surface area contributed by atoms with Gasteiger partial charge in [0.1, 0.15) is 5.82 Å².